The van der Waals surface area contributed by atoms with Gasteiger partial charge in [-0.1, -0.05) is 58.4 Å². The van der Waals surface area contributed by atoms with Crippen molar-refractivity contribution in [2.45, 2.75) is 103 Å². The average Bonchev–Trinajstić information content (AvgIpc) is 2.98. The number of rotatable bonds is 17. The molecule has 5 nitrogen and oxygen atoms in total. The molecule has 1 fully saturated rings. The second kappa shape index (κ2) is 17.6. The monoisotopic (exact) mass is 548 g/mol. The van der Waals surface area contributed by atoms with Gasteiger partial charge in [0.2, 0.25) is 0 Å². The molecular formula is C35H48O5. The zero-order valence-corrected chi connectivity index (χ0v) is 24.6. The lowest BCUT2D eigenvalue weighted by Crippen LogP contribution is -2.24. The van der Waals surface area contributed by atoms with Gasteiger partial charge in [0.15, 0.2) is 0 Å². The van der Waals surface area contributed by atoms with Crippen LogP contribution in [0.3, 0.4) is 0 Å². The lowest BCUT2D eigenvalue weighted by atomic mass is 9.84. The van der Waals surface area contributed by atoms with Gasteiger partial charge in [-0.15, -0.1) is 6.58 Å². The Morgan fingerprint density at radius 2 is 1.50 bits per heavy atom. The number of ether oxygens (including phenoxy) is 3. The average molecular weight is 549 g/mol. The third kappa shape index (κ3) is 11.2. The van der Waals surface area contributed by atoms with Crippen LogP contribution in [-0.4, -0.2) is 24.6 Å². The normalized spacial score (nSPS) is 17.6. The van der Waals surface area contributed by atoms with Crippen LogP contribution in [0.25, 0.3) is 0 Å². The third-order valence-electron chi connectivity index (χ3n) is 8.04. The largest absolute Gasteiger partial charge is 0.494 e. The summed E-state index contributed by atoms with van der Waals surface area (Å²) in [7, 11) is 0. The lowest BCUT2D eigenvalue weighted by molar-refractivity contribution is 0.0161. The number of benzene rings is 2. The van der Waals surface area contributed by atoms with Crippen molar-refractivity contribution in [2.24, 2.45) is 11.8 Å². The summed E-state index contributed by atoms with van der Waals surface area (Å²) in [6, 6.07) is 13.6. The lowest BCUT2D eigenvalue weighted by Gasteiger charge is -2.28. The molecule has 0 saturated heterocycles. The van der Waals surface area contributed by atoms with Crippen LogP contribution in [0.4, 0.5) is 0 Å². The van der Waals surface area contributed by atoms with Crippen molar-refractivity contribution >= 4 is 11.9 Å². The molecule has 0 heterocycles. The van der Waals surface area contributed by atoms with Crippen molar-refractivity contribution < 1.29 is 23.8 Å². The number of unbranched alkanes of at least 4 members (excludes halogenated alkanes) is 4. The molecule has 0 aliphatic heterocycles. The molecule has 2 aromatic carbocycles. The quantitative estimate of drug-likeness (QED) is 0.0853. The van der Waals surface area contributed by atoms with Gasteiger partial charge in [0.25, 0.3) is 0 Å². The second-order valence-corrected chi connectivity index (χ2v) is 11.3. The molecule has 3 rings (SSSR count). The van der Waals surface area contributed by atoms with Gasteiger partial charge >= 0.3 is 11.9 Å². The summed E-state index contributed by atoms with van der Waals surface area (Å²) < 4.78 is 17.1. The summed E-state index contributed by atoms with van der Waals surface area (Å²) >= 11 is 0. The van der Waals surface area contributed by atoms with Crippen LogP contribution in [0.15, 0.2) is 61.2 Å². The molecule has 0 unspecified atom stereocenters. The van der Waals surface area contributed by atoms with E-state index in [-0.39, 0.29) is 12.1 Å². The smallest absolute Gasteiger partial charge is 0.343 e. The Morgan fingerprint density at radius 3 is 2.15 bits per heavy atom. The number of carbonyl (C=O) groups is 2. The van der Waals surface area contributed by atoms with E-state index in [0.717, 1.165) is 56.1 Å². The van der Waals surface area contributed by atoms with Crippen LogP contribution >= 0.6 is 0 Å². The van der Waals surface area contributed by atoms with Gasteiger partial charge in [0.1, 0.15) is 17.6 Å². The maximum Gasteiger partial charge on any atom is 0.343 e. The minimum Gasteiger partial charge on any atom is -0.494 e. The minimum atomic E-state index is -0.451. The molecule has 0 amide bonds. The van der Waals surface area contributed by atoms with E-state index in [2.05, 4.69) is 20.4 Å². The first-order chi connectivity index (χ1) is 19.5. The van der Waals surface area contributed by atoms with Crippen LogP contribution in [-0.2, 0) is 4.74 Å². The summed E-state index contributed by atoms with van der Waals surface area (Å²) in [5.41, 5.74) is 0.911. The molecule has 5 heteroatoms. The molecule has 0 aromatic heterocycles. The minimum absolute atomic E-state index is 0.0176. The number of hydrogen-bond acceptors (Lipinski definition) is 5. The van der Waals surface area contributed by atoms with E-state index < -0.39 is 5.97 Å². The fourth-order valence-electron chi connectivity index (χ4n) is 5.16. The van der Waals surface area contributed by atoms with Gasteiger partial charge < -0.3 is 14.2 Å². The van der Waals surface area contributed by atoms with E-state index in [4.69, 9.17) is 14.2 Å². The zero-order valence-electron chi connectivity index (χ0n) is 24.6. The van der Waals surface area contributed by atoms with Crippen molar-refractivity contribution in [3.8, 4) is 11.5 Å². The first-order valence-corrected chi connectivity index (χ1v) is 15.4. The molecule has 2 aromatic rings. The number of allylic oxidation sites excluding steroid dienone is 1. The van der Waals surface area contributed by atoms with Crippen molar-refractivity contribution in [1.82, 2.24) is 0 Å². The Balaban J connectivity index is 1.36. The van der Waals surface area contributed by atoms with E-state index in [1.165, 1.54) is 44.9 Å². The highest BCUT2D eigenvalue weighted by Gasteiger charge is 2.24. The third-order valence-corrected chi connectivity index (χ3v) is 8.04. The fraction of sp³-hybridized carbons (Fsp3) is 0.543. The molecular weight excluding hydrogens is 500 g/mol. The molecule has 40 heavy (non-hydrogen) atoms. The van der Waals surface area contributed by atoms with Crippen LogP contribution in [0, 0.1) is 11.8 Å². The van der Waals surface area contributed by atoms with E-state index in [1.807, 2.05) is 6.08 Å². The van der Waals surface area contributed by atoms with E-state index in [1.54, 1.807) is 48.5 Å². The maximum atomic E-state index is 12.6. The van der Waals surface area contributed by atoms with Crippen LogP contribution in [0.1, 0.15) is 118 Å². The van der Waals surface area contributed by atoms with Crippen LogP contribution in [0.5, 0.6) is 11.5 Å². The van der Waals surface area contributed by atoms with Gasteiger partial charge in [0.05, 0.1) is 17.7 Å². The molecule has 0 bridgehead atoms. The van der Waals surface area contributed by atoms with Crippen molar-refractivity contribution in [3.63, 3.8) is 0 Å². The van der Waals surface area contributed by atoms with Gasteiger partial charge in [-0.3, -0.25) is 0 Å². The Bertz CT molecular complexity index is 1020. The van der Waals surface area contributed by atoms with E-state index in [9.17, 15) is 9.59 Å². The fourth-order valence-corrected chi connectivity index (χ4v) is 5.16. The first-order valence-electron chi connectivity index (χ1n) is 15.4. The van der Waals surface area contributed by atoms with Gasteiger partial charge in [-0.2, -0.15) is 0 Å². The molecule has 1 saturated carbocycles. The molecule has 1 atom stereocenters. The van der Waals surface area contributed by atoms with E-state index >= 15 is 0 Å². The summed E-state index contributed by atoms with van der Waals surface area (Å²) in [4.78, 5) is 25.2. The van der Waals surface area contributed by atoms with Crippen molar-refractivity contribution in [1.29, 1.82) is 0 Å². The second-order valence-electron chi connectivity index (χ2n) is 11.3. The first kappa shape index (κ1) is 31.4. The van der Waals surface area contributed by atoms with Crippen molar-refractivity contribution in [3.05, 3.63) is 72.3 Å². The molecule has 0 radical (unpaired) electrons. The molecule has 1 aliphatic carbocycles. The molecule has 1 aliphatic rings. The predicted molar refractivity (Wildman–Crippen MR) is 161 cm³/mol. The summed E-state index contributed by atoms with van der Waals surface area (Å²) in [5.74, 6) is 1.90. The van der Waals surface area contributed by atoms with Crippen LogP contribution in [0.2, 0.25) is 0 Å². The Labute approximate surface area is 241 Å². The number of carbonyl (C=O) groups excluding carboxylic acids is 2. The highest BCUT2D eigenvalue weighted by molar-refractivity contribution is 5.92. The SMILES string of the molecule is C=CCCCCC1CCC(OC(=O)c2ccc(OC(=O)c3ccc(OCCCCC[C@@H](C)CC)cc3)cc2)CC1. The highest BCUT2D eigenvalue weighted by atomic mass is 16.5. The number of esters is 2. The Kier molecular flexibility index (Phi) is 13.8. The Hall–Kier alpha value is -3.08. The van der Waals surface area contributed by atoms with Crippen LogP contribution < -0.4 is 9.47 Å². The standard InChI is InChI=1S/C35H48O5/c1-4-6-7-10-13-28-14-20-32(21-15-28)39-35(37)30-18-24-33(25-19-30)40-34(36)29-16-22-31(23-17-29)38-26-11-8-9-12-27(3)5-2/h4,16-19,22-25,27-28,32H,1,5-15,20-21,26H2,2-3H3/t27-,28?,32?/m0/s1. The maximum absolute atomic E-state index is 12.6. The summed E-state index contributed by atoms with van der Waals surface area (Å²) in [6.07, 6.45) is 16.8. The highest BCUT2D eigenvalue weighted by Crippen LogP contribution is 2.30. The Morgan fingerprint density at radius 1 is 0.850 bits per heavy atom. The van der Waals surface area contributed by atoms with Crippen molar-refractivity contribution in [2.75, 3.05) is 6.61 Å². The van der Waals surface area contributed by atoms with Gasteiger partial charge in [0, 0.05) is 0 Å². The molecule has 0 spiro atoms. The van der Waals surface area contributed by atoms with E-state index in [0.29, 0.717) is 23.5 Å². The number of hydrogen-bond donors (Lipinski definition) is 0. The van der Waals surface area contributed by atoms with Gasteiger partial charge in [-0.25, -0.2) is 9.59 Å². The molecule has 218 valence electrons. The zero-order chi connectivity index (χ0) is 28.6. The predicted octanol–water partition coefficient (Wildman–Crippen LogP) is 9.35. The topological polar surface area (TPSA) is 61.8 Å². The van der Waals surface area contributed by atoms with Gasteiger partial charge in [-0.05, 0) is 105 Å². The molecule has 0 N–H and O–H groups in total. The summed E-state index contributed by atoms with van der Waals surface area (Å²) in [6.45, 7) is 9.00. The summed E-state index contributed by atoms with van der Waals surface area (Å²) in [5, 5.41) is 0.